The minimum Gasteiger partial charge on any atom is -0.456 e. The smallest absolute Gasteiger partial charge is 0.329 e. The second-order valence-corrected chi connectivity index (χ2v) is 28.0. The molecule has 3 aliphatic heterocycles. The lowest BCUT2D eigenvalue weighted by Crippen LogP contribution is -2.65. The van der Waals surface area contributed by atoms with Crippen LogP contribution in [0, 0.1) is 23.7 Å². The first-order chi connectivity index (χ1) is 33.9. The van der Waals surface area contributed by atoms with Crippen molar-refractivity contribution in [3.05, 3.63) is 59.2 Å². The molecule has 15 unspecified atom stereocenters. The Morgan fingerprint density at radius 1 is 0.889 bits per heavy atom. The van der Waals surface area contributed by atoms with E-state index in [0.29, 0.717) is 44.9 Å². The molecule has 2 saturated heterocycles. The number of piperidine rings is 1. The molecule has 406 valence electrons. The van der Waals surface area contributed by atoms with Gasteiger partial charge in [0.05, 0.1) is 37.1 Å². The molecule has 3 fully saturated rings. The summed E-state index contributed by atoms with van der Waals surface area (Å²) in [7, 11) is 2.24. The Balaban J connectivity index is 1.57. The van der Waals surface area contributed by atoms with Gasteiger partial charge in [0, 0.05) is 52.0 Å². The minimum atomic E-state index is -2.54. The van der Waals surface area contributed by atoms with Gasteiger partial charge in [-0.1, -0.05) is 96.5 Å². The molecule has 1 saturated carbocycles. The van der Waals surface area contributed by atoms with Gasteiger partial charge in [-0.2, -0.15) is 0 Å². The van der Waals surface area contributed by atoms with Gasteiger partial charge in [0.2, 0.25) is 5.79 Å². The molecule has 72 heavy (non-hydrogen) atoms. The van der Waals surface area contributed by atoms with Crippen LogP contribution < -0.4 is 0 Å². The van der Waals surface area contributed by atoms with Crippen molar-refractivity contribution in [3.63, 3.8) is 0 Å². The highest BCUT2D eigenvalue weighted by atomic mass is 28.4. The Morgan fingerprint density at radius 2 is 1.54 bits per heavy atom. The number of benzene rings is 1. The molecular weight excluding hydrogens is 935 g/mol. The van der Waals surface area contributed by atoms with E-state index < -0.39 is 92.3 Å². The van der Waals surface area contributed by atoms with Crippen LogP contribution in [0.15, 0.2) is 53.6 Å². The molecule has 15 heteroatoms. The number of ketones is 2. The lowest BCUT2D eigenvalue weighted by Gasteiger charge is -2.47. The highest BCUT2D eigenvalue weighted by Gasteiger charge is 2.57. The number of allylic oxidation sites excluding steroid dienone is 3. The predicted octanol–water partition coefficient (Wildman–Crippen LogP) is 9.40. The summed E-state index contributed by atoms with van der Waals surface area (Å²) in [6, 6.07) is 7.81. The molecule has 15 atom stereocenters. The highest BCUT2D eigenvalue weighted by Crippen LogP contribution is 2.42. The SMILES string of the molecule is CCC1CCCC2C(=O)OC(C(C)=CC3CCC(OCC(O)c4ccccc4)C(OC)C3)C(C)C(O[Si](C)(C)C(C)(C)C)CC(=O)C/C=C(\C)CC(C)CC(OC)C3OC(O)(C(=O)C(=O)N12)C(C)CC3OC. The van der Waals surface area contributed by atoms with Crippen molar-refractivity contribution in [3.8, 4) is 0 Å². The Bertz CT molecular complexity index is 2020. The number of esters is 1. The highest BCUT2D eigenvalue weighted by molar-refractivity contribution is 6.74. The molecule has 1 aliphatic carbocycles. The fraction of sp³-hybridized carbons (Fsp3) is 0.754. The van der Waals surface area contributed by atoms with Gasteiger partial charge < -0.3 is 48.0 Å². The second kappa shape index (κ2) is 26.1. The number of Topliss-reactive ketones (excluding diaryl/α,β-unsaturated/α-hetero) is 2. The summed E-state index contributed by atoms with van der Waals surface area (Å²) in [6.07, 6.45) is 4.84. The lowest BCUT2D eigenvalue weighted by molar-refractivity contribution is -0.302. The normalized spacial score (nSPS) is 35.9. The number of carbonyl (C=O) groups excluding carboxylic acids is 4. The number of nitrogens with zero attached hydrogens (tertiary/aromatic N) is 1. The summed E-state index contributed by atoms with van der Waals surface area (Å²) in [5.74, 6) is -6.62. The molecular formula is C57H91NO13Si. The maximum atomic E-state index is 15.2. The maximum Gasteiger partial charge on any atom is 0.329 e. The first-order valence-corrected chi connectivity index (χ1v) is 29.7. The molecule has 2 N–H and O–H groups in total. The number of hydrogen-bond acceptors (Lipinski definition) is 13. The summed E-state index contributed by atoms with van der Waals surface area (Å²) in [6.45, 7) is 22.5. The molecule has 4 aliphatic rings. The topological polar surface area (TPSA) is 177 Å². The van der Waals surface area contributed by atoms with Gasteiger partial charge in [-0.05, 0) is 119 Å². The molecule has 0 radical (unpaired) electrons. The summed E-state index contributed by atoms with van der Waals surface area (Å²) in [5, 5.41) is 23.1. The van der Waals surface area contributed by atoms with Crippen molar-refractivity contribution < 1.29 is 62.2 Å². The van der Waals surface area contributed by atoms with E-state index in [2.05, 4.69) is 46.9 Å². The molecule has 14 nitrogen and oxygen atoms in total. The predicted molar refractivity (Wildman–Crippen MR) is 279 cm³/mol. The molecule has 1 aromatic carbocycles. The number of cyclic esters (lactones) is 1. The van der Waals surface area contributed by atoms with E-state index in [1.807, 2.05) is 64.1 Å². The molecule has 2 bridgehead atoms. The van der Waals surface area contributed by atoms with Gasteiger partial charge in [-0.3, -0.25) is 14.4 Å². The fourth-order valence-corrected chi connectivity index (χ4v) is 12.7. The van der Waals surface area contributed by atoms with Crippen LogP contribution in [0.3, 0.4) is 0 Å². The van der Waals surface area contributed by atoms with Crippen molar-refractivity contribution in [1.82, 2.24) is 4.90 Å². The minimum absolute atomic E-state index is 0.00359. The number of rotatable bonds is 12. The summed E-state index contributed by atoms with van der Waals surface area (Å²) in [4.78, 5) is 60.5. The van der Waals surface area contributed by atoms with Gasteiger partial charge in [0.1, 0.15) is 30.1 Å². The Morgan fingerprint density at radius 3 is 2.17 bits per heavy atom. The number of ether oxygens (including phenoxy) is 6. The van der Waals surface area contributed by atoms with Crippen molar-refractivity contribution in [2.24, 2.45) is 23.7 Å². The van der Waals surface area contributed by atoms with Crippen LogP contribution in [-0.4, -0.2) is 135 Å². The van der Waals surface area contributed by atoms with E-state index in [1.54, 1.807) is 28.3 Å². The van der Waals surface area contributed by atoms with E-state index in [4.69, 9.17) is 32.8 Å². The van der Waals surface area contributed by atoms with Gasteiger partial charge >= 0.3 is 5.97 Å². The van der Waals surface area contributed by atoms with Gasteiger partial charge in [0.15, 0.2) is 8.32 Å². The molecule has 1 aromatic rings. The summed E-state index contributed by atoms with van der Waals surface area (Å²) in [5.41, 5.74) is 2.58. The first-order valence-electron chi connectivity index (χ1n) is 26.8. The van der Waals surface area contributed by atoms with Crippen LogP contribution in [0.2, 0.25) is 18.1 Å². The average molecular weight is 1030 g/mol. The number of aliphatic hydroxyl groups excluding tert-OH is 1. The third-order valence-electron chi connectivity index (χ3n) is 16.8. The number of carbonyl (C=O) groups is 4. The fourth-order valence-electron chi connectivity index (χ4n) is 11.3. The number of aliphatic hydroxyl groups is 2. The zero-order chi connectivity index (χ0) is 53.3. The van der Waals surface area contributed by atoms with Gasteiger partial charge in [-0.15, -0.1) is 0 Å². The van der Waals surface area contributed by atoms with Crippen molar-refractivity contribution in [2.75, 3.05) is 27.9 Å². The van der Waals surface area contributed by atoms with E-state index in [0.717, 1.165) is 23.1 Å². The zero-order valence-electron chi connectivity index (χ0n) is 46.1. The van der Waals surface area contributed by atoms with Crippen molar-refractivity contribution in [1.29, 1.82) is 0 Å². The van der Waals surface area contributed by atoms with Crippen molar-refractivity contribution >= 4 is 31.8 Å². The molecule has 0 aromatic heterocycles. The van der Waals surface area contributed by atoms with Crippen LogP contribution in [0.25, 0.3) is 0 Å². The van der Waals surface area contributed by atoms with Crippen LogP contribution in [0.4, 0.5) is 0 Å². The van der Waals surface area contributed by atoms with Crippen LogP contribution in [0.5, 0.6) is 0 Å². The third kappa shape index (κ3) is 14.6. The van der Waals surface area contributed by atoms with Crippen molar-refractivity contribution in [2.45, 2.75) is 224 Å². The van der Waals surface area contributed by atoms with E-state index >= 15 is 4.79 Å². The van der Waals surface area contributed by atoms with Crippen LogP contribution >= 0.6 is 0 Å². The Hall–Kier alpha value is -3.12. The average Bonchev–Trinajstić information content (AvgIpc) is 3.34. The summed E-state index contributed by atoms with van der Waals surface area (Å²) < 4.78 is 44.6. The number of amides is 1. The first kappa shape index (κ1) is 59.7. The molecule has 0 spiro atoms. The molecule has 1 amide bonds. The van der Waals surface area contributed by atoms with Crippen LogP contribution in [0.1, 0.15) is 151 Å². The zero-order valence-corrected chi connectivity index (χ0v) is 47.1. The Labute approximate surface area is 432 Å². The molecule has 3 heterocycles. The standard InChI is InChI=1S/C57H91NO13Si/c1-15-42-22-19-23-44-55(63)69-51(37(4)30-40-25-27-46(48(32-40)65-10)68-34-45(60)41-20-17-16-18-21-41)39(6)47(71-72(13,14)56(7,8)9)33-43(59)26-24-35(2)28-36(3)29-49(66-11)52-50(67-12)31-38(5)57(64,70-52)53(61)54(62)58(42)44/h16-18,20-21,24,30,36,38-40,42,44-52,60,64H,15,19,22-23,25-29,31-34H2,1-14H3/b35-24+,37-30?. The van der Waals surface area contributed by atoms with Gasteiger partial charge in [0.25, 0.3) is 11.7 Å². The lowest BCUT2D eigenvalue weighted by atomic mass is 9.82. The second-order valence-electron chi connectivity index (χ2n) is 23.2. The Kier molecular flexibility index (Phi) is 21.6. The third-order valence-corrected chi connectivity index (χ3v) is 21.3. The molecule has 5 rings (SSSR count). The van der Waals surface area contributed by atoms with E-state index in [9.17, 15) is 24.6 Å². The quantitative estimate of drug-likeness (QED) is 0.0877. The van der Waals surface area contributed by atoms with Crippen LogP contribution in [-0.2, 0) is 52.0 Å². The number of methoxy groups -OCH3 is 3. The largest absolute Gasteiger partial charge is 0.456 e. The number of fused-ring (bicyclic) bond motifs is 3. The monoisotopic (exact) mass is 1030 g/mol. The van der Waals surface area contributed by atoms with E-state index in [1.165, 1.54) is 4.90 Å². The van der Waals surface area contributed by atoms with E-state index in [-0.39, 0.29) is 67.2 Å². The van der Waals surface area contributed by atoms with Gasteiger partial charge in [-0.25, -0.2) is 4.79 Å². The maximum absolute atomic E-state index is 15.2. The number of hydrogen-bond donors (Lipinski definition) is 2. The summed E-state index contributed by atoms with van der Waals surface area (Å²) >= 11 is 0.